The number of sulfone groups is 1. The van der Waals surface area contributed by atoms with Crippen LogP contribution in [0.3, 0.4) is 0 Å². The predicted molar refractivity (Wildman–Crippen MR) is 131 cm³/mol. The molecular weight excluding hydrogens is 498 g/mol. The molecule has 1 aromatic heterocycles. The van der Waals surface area contributed by atoms with Crippen molar-refractivity contribution >= 4 is 70.8 Å². The van der Waals surface area contributed by atoms with E-state index in [2.05, 4.69) is 10.6 Å². The molecule has 7 nitrogen and oxygen atoms in total. The van der Waals surface area contributed by atoms with E-state index in [0.29, 0.717) is 23.8 Å². The molecule has 0 saturated carbocycles. The van der Waals surface area contributed by atoms with Crippen LogP contribution in [0.2, 0.25) is 5.02 Å². The Kier molecular flexibility index (Phi) is 7.65. The summed E-state index contributed by atoms with van der Waals surface area (Å²) in [5.41, 5.74) is 0.595. The standard InChI is InChI=1S/C19H24ClN3O4S4/c1-13(2)30(24,25)16-12-29-18(17(16)20)22-19(28)21-14-6-8-15(9-7-14)31(26,27)23-10-4-3-5-11-23/h6-9,12-13H,3-5,10-11H2,1-2H3,(H2,21,22,28). The highest BCUT2D eigenvalue weighted by Gasteiger charge is 2.27. The predicted octanol–water partition coefficient (Wildman–Crippen LogP) is 4.57. The summed E-state index contributed by atoms with van der Waals surface area (Å²) in [6, 6.07) is 6.35. The highest BCUT2D eigenvalue weighted by Crippen LogP contribution is 2.37. The highest BCUT2D eigenvalue weighted by atomic mass is 35.5. The first-order valence-electron chi connectivity index (χ1n) is 9.72. The van der Waals surface area contributed by atoms with E-state index in [1.807, 2.05) is 0 Å². The molecule has 0 amide bonds. The molecule has 1 aliphatic heterocycles. The number of thiocarbonyl (C=S) groups is 1. The first-order chi connectivity index (χ1) is 14.5. The van der Waals surface area contributed by atoms with Crippen LogP contribution < -0.4 is 10.6 Å². The van der Waals surface area contributed by atoms with Crippen LogP contribution in [0.25, 0.3) is 0 Å². The number of piperidine rings is 1. The van der Waals surface area contributed by atoms with Crippen molar-refractivity contribution in [3.8, 4) is 0 Å². The Morgan fingerprint density at radius 3 is 2.26 bits per heavy atom. The van der Waals surface area contributed by atoms with Crippen molar-refractivity contribution in [2.24, 2.45) is 0 Å². The maximum absolute atomic E-state index is 12.7. The van der Waals surface area contributed by atoms with Gasteiger partial charge in [-0.15, -0.1) is 11.3 Å². The maximum atomic E-state index is 12.7. The summed E-state index contributed by atoms with van der Waals surface area (Å²) in [5, 5.41) is 7.50. The largest absolute Gasteiger partial charge is 0.332 e. The Morgan fingerprint density at radius 1 is 1.06 bits per heavy atom. The van der Waals surface area contributed by atoms with E-state index < -0.39 is 25.1 Å². The molecule has 2 heterocycles. The lowest BCUT2D eigenvalue weighted by atomic mass is 10.2. The number of sulfonamides is 1. The fourth-order valence-electron chi connectivity index (χ4n) is 3.09. The number of anilines is 2. The van der Waals surface area contributed by atoms with Gasteiger partial charge in [-0.05, 0) is 63.2 Å². The number of nitrogens with one attached hydrogen (secondary N) is 2. The lowest BCUT2D eigenvalue weighted by Crippen LogP contribution is -2.35. The molecule has 31 heavy (non-hydrogen) atoms. The van der Waals surface area contributed by atoms with Crippen molar-refractivity contribution in [3.63, 3.8) is 0 Å². The first kappa shape index (κ1) is 24.4. The summed E-state index contributed by atoms with van der Waals surface area (Å²) in [7, 11) is -6.99. The van der Waals surface area contributed by atoms with Crippen molar-refractivity contribution in [2.75, 3.05) is 23.7 Å². The van der Waals surface area contributed by atoms with Crippen LogP contribution in [-0.4, -0.2) is 44.6 Å². The third kappa shape index (κ3) is 5.40. The van der Waals surface area contributed by atoms with Crippen molar-refractivity contribution in [1.29, 1.82) is 0 Å². The third-order valence-corrected chi connectivity index (χ3v) is 10.9. The molecule has 0 unspecified atom stereocenters. The minimum absolute atomic E-state index is 0.0757. The maximum Gasteiger partial charge on any atom is 0.243 e. The summed E-state index contributed by atoms with van der Waals surface area (Å²) in [6.07, 6.45) is 2.81. The SMILES string of the molecule is CC(C)S(=O)(=O)c1csc(NC(=S)Nc2ccc(S(=O)(=O)N3CCCCC3)cc2)c1Cl. The molecule has 2 N–H and O–H groups in total. The monoisotopic (exact) mass is 521 g/mol. The number of benzene rings is 1. The molecule has 3 rings (SSSR count). The highest BCUT2D eigenvalue weighted by molar-refractivity contribution is 7.92. The summed E-state index contributed by atoms with van der Waals surface area (Å²) < 4.78 is 51.7. The van der Waals surface area contributed by atoms with E-state index >= 15 is 0 Å². The Balaban J connectivity index is 1.67. The lowest BCUT2D eigenvalue weighted by Gasteiger charge is -2.25. The number of halogens is 1. The zero-order valence-electron chi connectivity index (χ0n) is 17.1. The number of rotatable bonds is 6. The smallest absolute Gasteiger partial charge is 0.243 e. The van der Waals surface area contributed by atoms with E-state index in [1.54, 1.807) is 38.1 Å². The molecule has 12 heteroatoms. The fraction of sp³-hybridized carbons (Fsp3) is 0.421. The number of hydrogen-bond donors (Lipinski definition) is 2. The van der Waals surface area contributed by atoms with Crippen LogP contribution in [0, 0.1) is 0 Å². The molecular formula is C19H24ClN3O4S4. The van der Waals surface area contributed by atoms with Crippen LogP contribution in [0.1, 0.15) is 33.1 Å². The normalized spacial score (nSPS) is 15.7. The average Bonchev–Trinajstić information content (AvgIpc) is 3.09. The average molecular weight is 522 g/mol. The Labute approximate surface area is 197 Å². The fourth-order valence-corrected chi connectivity index (χ4v) is 7.83. The van der Waals surface area contributed by atoms with Gasteiger partial charge in [0.2, 0.25) is 10.0 Å². The summed E-state index contributed by atoms with van der Waals surface area (Å²) in [5.74, 6) is 0. The van der Waals surface area contributed by atoms with E-state index in [0.717, 1.165) is 30.6 Å². The van der Waals surface area contributed by atoms with E-state index in [4.69, 9.17) is 23.8 Å². The number of hydrogen-bond acceptors (Lipinski definition) is 6. The van der Waals surface area contributed by atoms with Crippen molar-refractivity contribution in [1.82, 2.24) is 4.31 Å². The molecule has 0 bridgehead atoms. The van der Waals surface area contributed by atoms with Crippen molar-refractivity contribution in [2.45, 2.75) is 48.2 Å². The van der Waals surface area contributed by atoms with Crippen molar-refractivity contribution in [3.05, 3.63) is 34.7 Å². The van der Waals surface area contributed by atoms with Gasteiger partial charge in [0.05, 0.1) is 20.1 Å². The quantitative estimate of drug-likeness (QED) is 0.537. The molecule has 2 aromatic rings. The van der Waals surface area contributed by atoms with Gasteiger partial charge in [0.25, 0.3) is 0 Å². The van der Waals surface area contributed by atoms with Crippen LogP contribution in [-0.2, 0) is 19.9 Å². The van der Waals surface area contributed by atoms with Crippen LogP contribution in [0.4, 0.5) is 10.7 Å². The molecule has 1 aromatic carbocycles. The summed E-state index contributed by atoms with van der Waals surface area (Å²) in [6.45, 7) is 4.29. The summed E-state index contributed by atoms with van der Waals surface area (Å²) in [4.78, 5) is 0.315. The lowest BCUT2D eigenvalue weighted by molar-refractivity contribution is 0.346. The molecule has 1 aliphatic rings. The molecule has 0 spiro atoms. The molecule has 170 valence electrons. The molecule has 1 fully saturated rings. The molecule has 0 atom stereocenters. The van der Waals surface area contributed by atoms with E-state index in [1.165, 1.54) is 9.69 Å². The van der Waals surface area contributed by atoms with Gasteiger partial charge >= 0.3 is 0 Å². The second kappa shape index (κ2) is 9.72. The molecule has 0 aliphatic carbocycles. The van der Waals surface area contributed by atoms with E-state index in [-0.39, 0.29) is 19.9 Å². The van der Waals surface area contributed by atoms with Gasteiger partial charge in [0, 0.05) is 24.2 Å². The van der Waals surface area contributed by atoms with Crippen LogP contribution in [0.5, 0.6) is 0 Å². The Bertz CT molecular complexity index is 1150. The Morgan fingerprint density at radius 2 is 1.68 bits per heavy atom. The van der Waals surface area contributed by atoms with Gasteiger partial charge in [-0.25, -0.2) is 16.8 Å². The molecule has 0 radical (unpaired) electrons. The van der Waals surface area contributed by atoms with Crippen molar-refractivity contribution < 1.29 is 16.8 Å². The van der Waals surface area contributed by atoms with Gasteiger partial charge in [0.15, 0.2) is 14.9 Å². The second-order valence-corrected chi connectivity index (χ2v) is 13.5. The summed E-state index contributed by atoms with van der Waals surface area (Å²) >= 11 is 12.7. The number of thiophene rings is 1. The van der Waals surface area contributed by atoms with Crippen LogP contribution in [0.15, 0.2) is 39.4 Å². The molecule has 1 saturated heterocycles. The third-order valence-electron chi connectivity index (χ3n) is 4.92. The van der Waals surface area contributed by atoms with Gasteiger partial charge in [-0.2, -0.15) is 4.31 Å². The second-order valence-electron chi connectivity index (χ2n) is 7.41. The van der Waals surface area contributed by atoms with Crippen LogP contribution >= 0.6 is 35.2 Å². The Hall–Kier alpha value is -1.24. The van der Waals surface area contributed by atoms with E-state index in [9.17, 15) is 16.8 Å². The minimum Gasteiger partial charge on any atom is -0.332 e. The zero-order chi connectivity index (χ0) is 22.8. The van der Waals surface area contributed by atoms with Gasteiger partial charge < -0.3 is 10.6 Å². The van der Waals surface area contributed by atoms with Gasteiger partial charge in [-0.3, -0.25) is 0 Å². The van der Waals surface area contributed by atoms with Gasteiger partial charge in [-0.1, -0.05) is 18.0 Å². The topological polar surface area (TPSA) is 95.6 Å². The van der Waals surface area contributed by atoms with Gasteiger partial charge in [0.1, 0.15) is 5.00 Å². The zero-order valence-corrected chi connectivity index (χ0v) is 21.1. The number of nitrogens with zero attached hydrogens (tertiary/aromatic N) is 1. The minimum atomic E-state index is -3.50. The first-order valence-corrected chi connectivity index (χ1v) is 14.4.